The number of benzene rings is 1. The lowest BCUT2D eigenvalue weighted by atomic mass is 9.92. The monoisotopic (exact) mass is 281 g/mol. The van der Waals surface area contributed by atoms with Gasteiger partial charge in [0.2, 0.25) is 0 Å². The maximum absolute atomic E-state index is 3.64. The number of halogens is 1. The molecule has 1 aliphatic rings. The molecule has 1 unspecified atom stereocenters. The Balaban J connectivity index is 1.73. The Hall–Kier alpha value is -0.340. The van der Waals surface area contributed by atoms with Crippen molar-refractivity contribution in [2.24, 2.45) is 5.92 Å². The molecule has 1 saturated carbocycles. The summed E-state index contributed by atoms with van der Waals surface area (Å²) in [6, 6.07) is 9.49. The molecule has 1 aromatic rings. The van der Waals surface area contributed by atoms with Gasteiger partial charge >= 0.3 is 0 Å². The predicted molar refractivity (Wildman–Crippen MR) is 72.7 cm³/mol. The fourth-order valence-corrected chi connectivity index (χ4v) is 2.34. The topological polar surface area (TPSA) is 12.0 Å². The first-order valence-corrected chi connectivity index (χ1v) is 7.01. The maximum atomic E-state index is 3.64. The van der Waals surface area contributed by atoms with Crippen LogP contribution in [-0.2, 0) is 6.42 Å². The molecule has 2 rings (SSSR count). The minimum atomic E-state index is 0.724. The normalized spacial score (nSPS) is 18.1. The van der Waals surface area contributed by atoms with Crippen molar-refractivity contribution in [2.75, 3.05) is 6.54 Å². The molecule has 1 aromatic carbocycles. The van der Waals surface area contributed by atoms with Crippen LogP contribution in [0.5, 0.6) is 0 Å². The summed E-state index contributed by atoms with van der Waals surface area (Å²) in [4.78, 5) is 0. The molecule has 1 nitrogen and oxygen atoms in total. The van der Waals surface area contributed by atoms with E-state index in [1.807, 2.05) is 0 Å². The molecule has 1 N–H and O–H groups in total. The smallest absolute Gasteiger partial charge is 0.0175 e. The minimum absolute atomic E-state index is 0.724. The van der Waals surface area contributed by atoms with E-state index in [-0.39, 0.29) is 0 Å². The van der Waals surface area contributed by atoms with Crippen LogP contribution in [0.4, 0.5) is 0 Å². The third-order valence-corrected chi connectivity index (χ3v) is 3.89. The predicted octanol–water partition coefficient (Wildman–Crippen LogP) is 3.77. The Kier molecular flexibility index (Phi) is 4.42. The van der Waals surface area contributed by atoms with Crippen LogP contribution < -0.4 is 5.32 Å². The second-order valence-electron chi connectivity index (χ2n) is 4.97. The van der Waals surface area contributed by atoms with Gasteiger partial charge in [0, 0.05) is 10.5 Å². The quantitative estimate of drug-likeness (QED) is 0.867. The van der Waals surface area contributed by atoms with Gasteiger partial charge in [-0.25, -0.2) is 0 Å². The Morgan fingerprint density at radius 2 is 2.00 bits per heavy atom. The van der Waals surface area contributed by atoms with Crippen LogP contribution in [0.15, 0.2) is 28.7 Å². The van der Waals surface area contributed by atoms with Gasteiger partial charge < -0.3 is 5.32 Å². The zero-order chi connectivity index (χ0) is 11.4. The second-order valence-corrected chi connectivity index (χ2v) is 5.89. The zero-order valence-corrected chi connectivity index (χ0v) is 11.5. The summed E-state index contributed by atoms with van der Waals surface area (Å²) < 4.78 is 1.16. The van der Waals surface area contributed by atoms with Gasteiger partial charge in [0.25, 0.3) is 0 Å². The van der Waals surface area contributed by atoms with Crippen LogP contribution in [-0.4, -0.2) is 12.6 Å². The van der Waals surface area contributed by atoms with E-state index in [2.05, 4.69) is 52.4 Å². The zero-order valence-electron chi connectivity index (χ0n) is 9.88. The highest BCUT2D eigenvalue weighted by molar-refractivity contribution is 9.10. The van der Waals surface area contributed by atoms with E-state index in [1.54, 1.807) is 0 Å². The maximum Gasteiger partial charge on any atom is 0.0175 e. The van der Waals surface area contributed by atoms with E-state index >= 15 is 0 Å². The van der Waals surface area contributed by atoms with E-state index in [0.717, 1.165) is 23.0 Å². The van der Waals surface area contributed by atoms with E-state index in [4.69, 9.17) is 0 Å². The van der Waals surface area contributed by atoms with Crippen molar-refractivity contribution in [1.29, 1.82) is 0 Å². The lowest BCUT2D eigenvalue weighted by Gasteiger charge is -2.28. The lowest BCUT2D eigenvalue weighted by Crippen LogP contribution is -2.38. The van der Waals surface area contributed by atoms with Crippen molar-refractivity contribution < 1.29 is 0 Å². The third kappa shape index (κ3) is 3.60. The van der Waals surface area contributed by atoms with Crippen LogP contribution in [0.25, 0.3) is 0 Å². The molecule has 1 aliphatic carbocycles. The van der Waals surface area contributed by atoms with Gasteiger partial charge in [-0.15, -0.1) is 0 Å². The number of hydrogen-bond acceptors (Lipinski definition) is 1. The molecule has 0 aromatic heterocycles. The Bertz CT molecular complexity index is 316. The molecule has 0 radical (unpaired) electrons. The summed E-state index contributed by atoms with van der Waals surface area (Å²) in [6.45, 7) is 3.48. The van der Waals surface area contributed by atoms with Gasteiger partial charge in [0.05, 0.1) is 0 Å². The molecule has 0 heterocycles. The highest BCUT2D eigenvalue weighted by atomic mass is 79.9. The van der Waals surface area contributed by atoms with Crippen LogP contribution in [0.2, 0.25) is 0 Å². The van der Waals surface area contributed by atoms with Gasteiger partial charge in [0.15, 0.2) is 0 Å². The van der Waals surface area contributed by atoms with E-state index < -0.39 is 0 Å². The van der Waals surface area contributed by atoms with E-state index in [0.29, 0.717) is 0 Å². The van der Waals surface area contributed by atoms with Crippen molar-refractivity contribution in [3.8, 4) is 0 Å². The summed E-state index contributed by atoms with van der Waals surface area (Å²) in [5.41, 5.74) is 1.44. The van der Waals surface area contributed by atoms with Crippen LogP contribution in [0.3, 0.4) is 0 Å². The van der Waals surface area contributed by atoms with E-state index in [1.165, 1.54) is 31.2 Å². The average molecular weight is 282 g/mol. The Morgan fingerprint density at radius 1 is 1.31 bits per heavy atom. The van der Waals surface area contributed by atoms with Gasteiger partial charge in [-0.2, -0.15) is 0 Å². The summed E-state index contributed by atoms with van der Waals surface area (Å²) in [5, 5.41) is 3.64. The van der Waals surface area contributed by atoms with Gasteiger partial charge in [0.1, 0.15) is 0 Å². The van der Waals surface area contributed by atoms with Crippen molar-refractivity contribution >= 4 is 15.9 Å². The van der Waals surface area contributed by atoms with Gasteiger partial charge in [-0.05, 0) is 49.4 Å². The first-order chi connectivity index (χ1) is 7.74. The Morgan fingerprint density at radius 3 is 2.56 bits per heavy atom. The fourth-order valence-electron chi connectivity index (χ4n) is 2.08. The van der Waals surface area contributed by atoms with Crippen molar-refractivity contribution in [2.45, 2.75) is 38.6 Å². The SMILES string of the molecule is CC(CNC1CCC1)Cc1ccc(Br)cc1. The van der Waals surface area contributed by atoms with Crippen molar-refractivity contribution in [3.63, 3.8) is 0 Å². The molecule has 1 fully saturated rings. The number of rotatable bonds is 5. The van der Waals surface area contributed by atoms with Crippen LogP contribution in [0, 0.1) is 5.92 Å². The van der Waals surface area contributed by atoms with E-state index in [9.17, 15) is 0 Å². The third-order valence-electron chi connectivity index (χ3n) is 3.36. The molecule has 0 aliphatic heterocycles. The fraction of sp³-hybridized carbons (Fsp3) is 0.571. The van der Waals surface area contributed by atoms with Crippen LogP contribution >= 0.6 is 15.9 Å². The molecule has 0 bridgehead atoms. The van der Waals surface area contributed by atoms with Gasteiger partial charge in [-0.3, -0.25) is 0 Å². The number of hydrogen-bond donors (Lipinski definition) is 1. The molecule has 0 amide bonds. The Labute approximate surface area is 107 Å². The summed E-state index contributed by atoms with van der Waals surface area (Å²) in [6.07, 6.45) is 5.35. The molecule has 2 heteroatoms. The molecule has 0 saturated heterocycles. The molecular formula is C14H20BrN. The highest BCUT2D eigenvalue weighted by Crippen LogP contribution is 2.19. The molecule has 0 spiro atoms. The summed E-state index contributed by atoms with van der Waals surface area (Å²) >= 11 is 3.47. The lowest BCUT2D eigenvalue weighted by molar-refractivity contribution is 0.320. The summed E-state index contributed by atoms with van der Waals surface area (Å²) in [5.74, 6) is 0.724. The number of nitrogens with one attached hydrogen (secondary N) is 1. The summed E-state index contributed by atoms with van der Waals surface area (Å²) in [7, 11) is 0. The average Bonchev–Trinajstić information content (AvgIpc) is 2.19. The molecule has 88 valence electrons. The first-order valence-electron chi connectivity index (χ1n) is 6.22. The minimum Gasteiger partial charge on any atom is -0.314 e. The molecule has 1 atom stereocenters. The highest BCUT2D eigenvalue weighted by Gasteiger charge is 2.17. The van der Waals surface area contributed by atoms with Crippen molar-refractivity contribution in [1.82, 2.24) is 5.32 Å². The molecule has 16 heavy (non-hydrogen) atoms. The second kappa shape index (κ2) is 5.83. The van der Waals surface area contributed by atoms with Crippen molar-refractivity contribution in [3.05, 3.63) is 34.3 Å². The molecular weight excluding hydrogens is 262 g/mol. The largest absolute Gasteiger partial charge is 0.314 e. The van der Waals surface area contributed by atoms with Crippen LogP contribution in [0.1, 0.15) is 31.7 Å². The van der Waals surface area contributed by atoms with Gasteiger partial charge in [-0.1, -0.05) is 41.4 Å². The standard InChI is InChI=1S/C14H20BrN/c1-11(10-16-14-3-2-4-14)9-12-5-7-13(15)8-6-12/h5-8,11,14,16H,2-4,9-10H2,1H3. The first kappa shape index (κ1) is 12.1.